The smallest absolute Gasteiger partial charge is 0.387 e. The molecular formula is C56H104N2O6P+. The van der Waals surface area contributed by atoms with Gasteiger partial charge >= 0.3 is 7.82 Å². The highest BCUT2D eigenvalue weighted by Gasteiger charge is 2.27. The summed E-state index contributed by atoms with van der Waals surface area (Å²) in [6.45, 7) is 4.65. The van der Waals surface area contributed by atoms with E-state index < -0.39 is 20.0 Å². The van der Waals surface area contributed by atoms with Crippen LogP contribution in [0.25, 0.3) is 0 Å². The van der Waals surface area contributed by atoms with E-state index in [0.717, 1.165) is 70.6 Å². The van der Waals surface area contributed by atoms with Crippen LogP contribution in [0.3, 0.4) is 0 Å². The second-order valence-corrected chi connectivity index (χ2v) is 20.7. The summed E-state index contributed by atoms with van der Waals surface area (Å²) in [5.41, 5.74) is 0. The summed E-state index contributed by atoms with van der Waals surface area (Å²) >= 11 is 0. The third-order valence-electron chi connectivity index (χ3n) is 11.7. The number of allylic oxidation sites excluding steroid dienone is 11. The Morgan fingerprint density at radius 2 is 0.923 bits per heavy atom. The van der Waals surface area contributed by atoms with Crippen molar-refractivity contribution in [1.29, 1.82) is 0 Å². The van der Waals surface area contributed by atoms with Crippen molar-refractivity contribution in [2.45, 2.75) is 238 Å². The average molecular weight is 932 g/mol. The molecule has 0 spiro atoms. The standard InChI is InChI=1S/C56H103N2O6P/c1-6-8-10-12-14-16-17-18-19-20-21-22-23-24-25-26-27-28-29-30-31-32-33-34-35-36-37-38-39-40-41-42-44-46-48-50-56(60)57-54(53-64-65(61,62)63-52-51-58(3,4)5)55(59)49-47-45-43-15-13-11-9-7-2/h8,10,14,16,18-19,21-22,24-25,47,49,54-55,59H,6-7,9,11-13,15,17,20,23,26-46,48,50-53H2,1-5H3,(H-,57,60,61,62)/p+1/b10-8-,16-14-,19-18-,22-21-,25-24-,49-47+. The Labute approximate surface area is 402 Å². The molecule has 8 nitrogen and oxygen atoms in total. The molecule has 0 aliphatic heterocycles. The molecule has 9 heteroatoms. The van der Waals surface area contributed by atoms with E-state index in [9.17, 15) is 19.4 Å². The average Bonchev–Trinajstić information content (AvgIpc) is 3.26. The van der Waals surface area contributed by atoms with Gasteiger partial charge < -0.3 is 19.8 Å². The Morgan fingerprint density at radius 1 is 0.538 bits per heavy atom. The van der Waals surface area contributed by atoms with Crippen molar-refractivity contribution < 1.29 is 32.9 Å². The molecule has 0 fully saturated rings. The number of likely N-dealkylation sites (N-methyl/N-ethyl adjacent to an activating group) is 1. The maximum absolute atomic E-state index is 12.9. The van der Waals surface area contributed by atoms with Gasteiger partial charge in [0.2, 0.25) is 5.91 Å². The van der Waals surface area contributed by atoms with E-state index in [0.29, 0.717) is 17.4 Å². The second kappa shape index (κ2) is 47.0. The monoisotopic (exact) mass is 932 g/mol. The van der Waals surface area contributed by atoms with Crippen LogP contribution in [0, 0.1) is 0 Å². The Bertz CT molecular complexity index is 1290. The number of carbonyl (C=O) groups is 1. The van der Waals surface area contributed by atoms with Crippen molar-refractivity contribution in [3.8, 4) is 0 Å². The summed E-state index contributed by atoms with van der Waals surface area (Å²) in [5.74, 6) is -0.180. The van der Waals surface area contributed by atoms with Gasteiger partial charge in [0.1, 0.15) is 13.2 Å². The molecule has 0 aromatic rings. The fourth-order valence-corrected chi connectivity index (χ4v) is 8.22. The SMILES string of the molecule is CC/C=C\C/C=C\C/C=C\C/C=C\C/C=C\CCCCCCCCCCCCCCCCCCCCCC(=O)NC(COP(=O)(O)OCC[N+](C)(C)C)C(O)/C=C/CCCCCCCC. The van der Waals surface area contributed by atoms with Gasteiger partial charge in [0.05, 0.1) is 39.9 Å². The number of hydrogen-bond acceptors (Lipinski definition) is 5. The normalized spacial score (nSPS) is 14.6. The molecule has 378 valence electrons. The number of quaternary nitrogens is 1. The van der Waals surface area contributed by atoms with Gasteiger partial charge in [-0.05, 0) is 64.2 Å². The van der Waals surface area contributed by atoms with Crippen molar-refractivity contribution in [3.05, 3.63) is 72.9 Å². The number of unbranched alkanes of at least 4 members (excludes halogenated alkanes) is 25. The van der Waals surface area contributed by atoms with Crippen molar-refractivity contribution in [2.24, 2.45) is 0 Å². The highest BCUT2D eigenvalue weighted by atomic mass is 31.2. The van der Waals surface area contributed by atoms with E-state index >= 15 is 0 Å². The summed E-state index contributed by atoms with van der Waals surface area (Å²) in [6.07, 6.45) is 64.5. The van der Waals surface area contributed by atoms with Crippen LogP contribution in [0.15, 0.2) is 72.9 Å². The molecule has 1 amide bonds. The van der Waals surface area contributed by atoms with E-state index in [2.05, 4.69) is 79.9 Å². The lowest BCUT2D eigenvalue weighted by molar-refractivity contribution is -0.870. The third-order valence-corrected chi connectivity index (χ3v) is 12.7. The molecule has 0 aromatic carbocycles. The second-order valence-electron chi connectivity index (χ2n) is 19.2. The van der Waals surface area contributed by atoms with Crippen LogP contribution in [-0.2, 0) is 18.4 Å². The van der Waals surface area contributed by atoms with Crippen molar-refractivity contribution >= 4 is 13.7 Å². The highest BCUT2D eigenvalue weighted by molar-refractivity contribution is 7.47. The number of aliphatic hydroxyl groups is 1. The maximum atomic E-state index is 12.9. The van der Waals surface area contributed by atoms with E-state index in [-0.39, 0.29) is 19.1 Å². The highest BCUT2D eigenvalue weighted by Crippen LogP contribution is 2.43. The predicted octanol–water partition coefficient (Wildman–Crippen LogP) is 15.9. The molecule has 0 saturated carbocycles. The van der Waals surface area contributed by atoms with Crippen LogP contribution < -0.4 is 5.32 Å². The molecule has 65 heavy (non-hydrogen) atoms. The molecule has 3 N–H and O–H groups in total. The largest absolute Gasteiger partial charge is 0.472 e. The van der Waals surface area contributed by atoms with Crippen LogP contribution in [0.1, 0.15) is 226 Å². The Kier molecular flexibility index (Phi) is 45.5. The van der Waals surface area contributed by atoms with Crippen molar-refractivity contribution in [2.75, 3.05) is 40.9 Å². The number of nitrogens with one attached hydrogen (secondary N) is 1. The molecular weight excluding hydrogens is 828 g/mol. The van der Waals surface area contributed by atoms with Crippen LogP contribution >= 0.6 is 7.82 Å². The quantitative estimate of drug-likeness (QED) is 0.0243. The van der Waals surface area contributed by atoms with Gasteiger partial charge in [-0.25, -0.2) is 4.57 Å². The minimum Gasteiger partial charge on any atom is -0.387 e. The summed E-state index contributed by atoms with van der Waals surface area (Å²) in [5, 5.41) is 13.8. The summed E-state index contributed by atoms with van der Waals surface area (Å²) in [7, 11) is 1.57. The molecule has 0 radical (unpaired) electrons. The van der Waals surface area contributed by atoms with Gasteiger partial charge in [-0.15, -0.1) is 0 Å². The fourth-order valence-electron chi connectivity index (χ4n) is 7.48. The first-order valence-corrected chi connectivity index (χ1v) is 28.3. The first-order chi connectivity index (χ1) is 31.5. The van der Waals surface area contributed by atoms with Crippen molar-refractivity contribution in [3.63, 3.8) is 0 Å². The number of rotatable bonds is 48. The topological polar surface area (TPSA) is 105 Å². The van der Waals surface area contributed by atoms with E-state index in [4.69, 9.17) is 9.05 Å². The molecule has 0 saturated heterocycles. The molecule has 0 heterocycles. The number of phosphoric ester groups is 1. The maximum Gasteiger partial charge on any atom is 0.472 e. The lowest BCUT2D eigenvalue weighted by atomic mass is 10.0. The number of amides is 1. The zero-order valence-electron chi connectivity index (χ0n) is 43.0. The molecule has 0 rings (SSSR count). The summed E-state index contributed by atoms with van der Waals surface area (Å²) < 4.78 is 23.5. The number of nitrogens with zero attached hydrogens (tertiary/aromatic N) is 1. The lowest BCUT2D eigenvalue weighted by Crippen LogP contribution is -2.45. The van der Waals surface area contributed by atoms with Crippen molar-refractivity contribution in [1.82, 2.24) is 5.32 Å². The van der Waals surface area contributed by atoms with Gasteiger partial charge in [0.25, 0.3) is 0 Å². The van der Waals surface area contributed by atoms with Gasteiger partial charge in [-0.2, -0.15) is 0 Å². The number of carbonyl (C=O) groups excluding carboxylic acids is 1. The van der Waals surface area contributed by atoms with Gasteiger partial charge in [0, 0.05) is 6.42 Å². The van der Waals surface area contributed by atoms with E-state index in [1.807, 2.05) is 27.2 Å². The molecule has 0 aliphatic rings. The lowest BCUT2D eigenvalue weighted by Gasteiger charge is -2.25. The first-order valence-electron chi connectivity index (χ1n) is 26.8. The Morgan fingerprint density at radius 3 is 1.35 bits per heavy atom. The minimum atomic E-state index is -4.33. The molecule has 0 bridgehead atoms. The number of hydrogen-bond donors (Lipinski definition) is 3. The summed E-state index contributed by atoms with van der Waals surface area (Å²) in [6, 6.07) is -0.844. The molecule has 0 aromatic heterocycles. The van der Waals surface area contributed by atoms with Crippen LogP contribution in [0.4, 0.5) is 0 Å². The van der Waals surface area contributed by atoms with Gasteiger partial charge in [-0.1, -0.05) is 228 Å². The zero-order chi connectivity index (χ0) is 47.8. The van der Waals surface area contributed by atoms with Crippen LogP contribution in [-0.4, -0.2) is 73.4 Å². The predicted molar refractivity (Wildman–Crippen MR) is 281 cm³/mol. The van der Waals surface area contributed by atoms with Crippen LogP contribution in [0.2, 0.25) is 0 Å². The van der Waals surface area contributed by atoms with Gasteiger partial charge in [-0.3, -0.25) is 13.8 Å². The molecule has 3 unspecified atom stereocenters. The summed E-state index contributed by atoms with van der Waals surface area (Å²) in [4.78, 5) is 23.1. The minimum absolute atomic E-state index is 0.0603. The van der Waals surface area contributed by atoms with E-state index in [1.54, 1.807) is 6.08 Å². The van der Waals surface area contributed by atoms with Crippen LogP contribution in [0.5, 0.6) is 0 Å². The molecule has 3 atom stereocenters. The first kappa shape index (κ1) is 62.9. The Hall–Kier alpha value is -2.06. The zero-order valence-corrected chi connectivity index (χ0v) is 43.9. The van der Waals surface area contributed by atoms with Gasteiger partial charge in [0.15, 0.2) is 0 Å². The molecule has 0 aliphatic carbocycles. The third kappa shape index (κ3) is 49.7. The number of aliphatic hydroxyl groups excluding tert-OH is 1. The number of phosphoric acid groups is 1. The van der Waals surface area contributed by atoms with E-state index in [1.165, 1.54) is 135 Å². The fraction of sp³-hybridized carbons (Fsp3) is 0.768. The Balaban J connectivity index is 3.90.